The van der Waals surface area contributed by atoms with Crippen molar-refractivity contribution < 1.29 is 19.1 Å². The highest BCUT2D eigenvalue weighted by molar-refractivity contribution is 8.00. The van der Waals surface area contributed by atoms with E-state index in [1.54, 1.807) is 23.1 Å². The predicted octanol–water partition coefficient (Wildman–Crippen LogP) is 3.25. The number of para-hydroxylation sites is 1. The molecule has 0 bridgehead atoms. The third-order valence-corrected chi connectivity index (χ3v) is 5.35. The lowest BCUT2D eigenvalue weighted by molar-refractivity contribution is -0.117. The standard InChI is InChI=1S/C20H20N2O4S/c1-13-7-8-14(20(25)26-2)11-15(13)21-18(23)9-10-22-16-5-3-4-6-17(16)27-12-19(22)24/h3-8,11H,9-10,12H2,1-2H3,(H,21,23). The fraction of sp³-hybridized carbons (Fsp3) is 0.250. The number of nitrogens with one attached hydrogen (secondary N) is 1. The van der Waals surface area contributed by atoms with Crippen molar-refractivity contribution in [1.82, 2.24) is 0 Å². The van der Waals surface area contributed by atoms with E-state index in [0.717, 1.165) is 16.1 Å². The van der Waals surface area contributed by atoms with Gasteiger partial charge < -0.3 is 15.0 Å². The lowest BCUT2D eigenvalue weighted by atomic mass is 10.1. The van der Waals surface area contributed by atoms with Crippen molar-refractivity contribution in [3.05, 3.63) is 53.6 Å². The minimum absolute atomic E-state index is 0.00429. The van der Waals surface area contributed by atoms with Crippen LogP contribution in [-0.2, 0) is 14.3 Å². The third-order valence-electron chi connectivity index (χ3n) is 4.30. The minimum atomic E-state index is -0.460. The van der Waals surface area contributed by atoms with Crippen LogP contribution in [0.2, 0.25) is 0 Å². The van der Waals surface area contributed by atoms with Gasteiger partial charge in [-0.3, -0.25) is 9.59 Å². The molecule has 3 rings (SSSR count). The van der Waals surface area contributed by atoms with Gasteiger partial charge in [0.1, 0.15) is 0 Å². The molecule has 2 aromatic rings. The van der Waals surface area contributed by atoms with Gasteiger partial charge in [-0.2, -0.15) is 0 Å². The zero-order valence-electron chi connectivity index (χ0n) is 15.2. The summed E-state index contributed by atoms with van der Waals surface area (Å²) in [5.74, 6) is -0.309. The van der Waals surface area contributed by atoms with Gasteiger partial charge in [-0.25, -0.2) is 4.79 Å². The van der Waals surface area contributed by atoms with E-state index in [1.165, 1.54) is 18.9 Å². The first-order chi connectivity index (χ1) is 13.0. The molecule has 0 fully saturated rings. The van der Waals surface area contributed by atoms with Crippen molar-refractivity contribution in [2.75, 3.05) is 29.6 Å². The van der Waals surface area contributed by atoms with Crippen LogP contribution in [0.3, 0.4) is 0 Å². The normalized spacial score (nSPS) is 13.1. The average molecular weight is 384 g/mol. The second-order valence-corrected chi connectivity index (χ2v) is 7.14. The maximum absolute atomic E-state index is 12.4. The fourth-order valence-electron chi connectivity index (χ4n) is 2.83. The second kappa shape index (κ2) is 8.26. The number of esters is 1. The van der Waals surface area contributed by atoms with E-state index in [2.05, 4.69) is 5.32 Å². The Hall–Kier alpha value is -2.80. The van der Waals surface area contributed by atoms with Crippen LogP contribution in [0.5, 0.6) is 0 Å². The molecular weight excluding hydrogens is 364 g/mol. The Kier molecular flexibility index (Phi) is 5.81. The van der Waals surface area contributed by atoms with E-state index in [4.69, 9.17) is 4.74 Å². The van der Waals surface area contributed by atoms with E-state index in [0.29, 0.717) is 23.5 Å². The van der Waals surface area contributed by atoms with Gasteiger partial charge in [0, 0.05) is 23.5 Å². The van der Waals surface area contributed by atoms with Gasteiger partial charge >= 0.3 is 5.97 Å². The molecule has 27 heavy (non-hydrogen) atoms. The molecule has 0 unspecified atom stereocenters. The van der Waals surface area contributed by atoms with Crippen LogP contribution >= 0.6 is 11.8 Å². The zero-order valence-corrected chi connectivity index (χ0v) is 16.0. The van der Waals surface area contributed by atoms with Crippen LogP contribution in [0.4, 0.5) is 11.4 Å². The predicted molar refractivity (Wildman–Crippen MR) is 105 cm³/mol. The highest BCUT2D eigenvalue weighted by Gasteiger charge is 2.24. The van der Waals surface area contributed by atoms with Gasteiger partial charge in [-0.05, 0) is 36.8 Å². The molecule has 7 heteroatoms. The summed E-state index contributed by atoms with van der Waals surface area (Å²) >= 11 is 1.51. The molecule has 0 aliphatic carbocycles. The van der Waals surface area contributed by atoms with Crippen LogP contribution in [0.15, 0.2) is 47.4 Å². The first kappa shape index (κ1) is 19.0. The van der Waals surface area contributed by atoms with E-state index in [1.807, 2.05) is 31.2 Å². The van der Waals surface area contributed by atoms with Crippen molar-refractivity contribution in [3.63, 3.8) is 0 Å². The second-order valence-electron chi connectivity index (χ2n) is 6.12. The van der Waals surface area contributed by atoms with Gasteiger partial charge in [0.2, 0.25) is 11.8 Å². The van der Waals surface area contributed by atoms with Gasteiger partial charge in [-0.15, -0.1) is 11.8 Å². The number of benzene rings is 2. The number of hydrogen-bond acceptors (Lipinski definition) is 5. The van der Waals surface area contributed by atoms with Gasteiger partial charge in [0.15, 0.2) is 0 Å². The van der Waals surface area contributed by atoms with Crippen LogP contribution in [0.1, 0.15) is 22.3 Å². The molecule has 0 aromatic heterocycles. The molecular formula is C20H20N2O4S. The van der Waals surface area contributed by atoms with Crippen LogP contribution in [-0.4, -0.2) is 37.2 Å². The Morgan fingerprint density at radius 1 is 1.22 bits per heavy atom. The van der Waals surface area contributed by atoms with Gasteiger partial charge in [0.05, 0.1) is 24.1 Å². The van der Waals surface area contributed by atoms with Crippen LogP contribution < -0.4 is 10.2 Å². The summed E-state index contributed by atoms with van der Waals surface area (Å²) < 4.78 is 4.71. The molecule has 6 nitrogen and oxygen atoms in total. The summed E-state index contributed by atoms with van der Waals surface area (Å²) in [7, 11) is 1.31. The number of aryl methyl sites for hydroxylation is 1. The van der Waals surface area contributed by atoms with Gasteiger partial charge in [-0.1, -0.05) is 18.2 Å². The summed E-state index contributed by atoms with van der Waals surface area (Å²) in [6.07, 6.45) is 0.159. The molecule has 2 amide bonds. The number of methoxy groups -OCH3 is 1. The largest absolute Gasteiger partial charge is 0.465 e. The van der Waals surface area contributed by atoms with Crippen molar-refractivity contribution in [1.29, 1.82) is 0 Å². The maximum atomic E-state index is 12.4. The highest BCUT2D eigenvalue weighted by Crippen LogP contribution is 2.34. The molecule has 0 spiro atoms. The van der Waals surface area contributed by atoms with E-state index in [-0.39, 0.29) is 18.2 Å². The highest BCUT2D eigenvalue weighted by atomic mass is 32.2. The lowest BCUT2D eigenvalue weighted by Gasteiger charge is -2.28. The first-order valence-corrected chi connectivity index (χ1v) is 9.49. The lowest BCUT2D eigenvalue weighted by Crippen LogP contribution is -2.37. The molecule has 1 aliphatic rings. The average Bonchev–Trinajstić information content (AvgIpc) is 2.68. The quantitative estimate of drug-likeness (QED) is 0.801. The maximum Gasteiger partial charge on any atom is 0.337 e. The monoisotopic (exact) mass is 384 g/mol. The van der Waals surface area contributed by atoms with E-state index < -0.39 is 5.97 Å². The van der Waals surface area contributed by atoms with E-state index >= 15 is 0 Å². The fourth-order valence-corrected chi connectivity index (χ4v) is 3.76. The number of thioether (sulfide) groups is 1. The van der Waals surface area contributed by atoms with Crippen molar-refractivity contribution >= 4 is 40.9 Å². The number of carbonyl (C=O) groups is 3. The molecule has 1 aliphatic heterocycles. The summed E-state index contributed by atoms with van der Waals surface area (Å²) in [5.41, 5.74) is 2.61. The Balaban J connectivity index is 1.67. The zero-order chi connectivity index (χ0) is 19.4. The number of hydrogen-bond donors (Lipinski definition) is 1. The Morgan fingerprint density at radius 3 is 2.78 bits per heavy atom. The number of amides is 2. The van der Waals surface area contributed by atoms with Crippen molar-refractivity contribution in [3.8, 4) is 0 Å². The molecule has 1 heterocycles. The Bertz CT molecular complexity index is 897. The molecule has 1 N–H and O–H groups in total. The number of nitrogens with zero attached hydrogens (tertiary/aromatic N) is 1. The Morgan fingerprint density at radius 2 is 2.00 bits per heavy atom. The molecule has 0 saturated heterocycles. The number of carbonyl (C=O) groups excluding carboxylic acids is 3. The first-order valence-electron chi connectivity index (χ1n) is 8.50. The van der Waals surface area contributed by atoms with Gasteiger partial charge in [0.25, 0.3) is 0 Å². The van der Waals surface area contributed by atoms with E-state index in [9.17, 15) is 14.4 Å². The number of rotatable bonds is 5. The van der Waals surface area contributed by atoms with Crippen LogP contribution in [0.25, 0.3) is 0 Å². The molecule has 0 radical (unpaired) electrons. The number of anilines is 2. The smallest absolute Gasteiger partial charge is 0.337 e. The summed E-state index contributed by atoms with van der Waals surface area (Å²) in [4.78, 5) is 39.0. The SMILES string of the molecule is COC(=O)c1ccc(C)c(NC(=O)CCN2C(=O)CSc3ccccc32)c1. The minimum Gasteiger partial charge on any atom is -0.465 e. The third kappa shape index (κ3) is 4.31. The van der Waals surface area contributed by atoms with Crippen molar-refractivity contribution in [2.45, 2.75) is 18.2 Å². The molecule has 0 atom stereocenters. The molecule has 2 aromatic carbocycles. The van der Waals surface area contributed by atoms with Crippen LogP contribution in [0, 0.1) is 6.92 Å². The summed E-state index contributed by atoms with van der Waals surface area (Å²) in [6, 6.07) is 12.7. The number of fused-ring (bicyclic) bond motifs is 1. The molecule has 0 saturated carbocycles. The number of ether oxygens (including phenoxy) is 1. The Labute approximate surface area is 161 Å². The topological polar surface area (TPSA) is 75.7 Å². The van der Waals surface area contributed by atoms with Crippen molar-refractivity contribution in [2.24, 2.45) is 0 Å². The molecule has 140 valence electrons. The summed E-state index contributed by atoms with van der Waals surface area (Å²) in [5, 5.41) is 2.82. The summed E-state index contributed by atoms with van der Waals surface area (Å²) in [6.45, 7) is 2.15.